The standard InChI is InChI=1S/C13H15N3O2S/c1-9-5-6-12(17)16(15-9)10(2)13(18)14-8-11-4-3-7-19-11/h3-7,10H,8H2,1-2H3,(H,14,18)/t10-/m1/s1. The Morgan fingerprint density at radius 1 is 1.47 bits per heavy atom. The minimum absolute atomic E-state index is 0.214. The summed E-state index contributed by atoms with van der Waals surface area (Å²) < 4.78 is 1.21. The van der Waals surface area contributed by atoms with E-state index in [4.69, 9.17) is 0 Å². The Kier molecular flexibility index (Phi) is 4.11. The van der Waals surface area contributed by atoms with Gasteiger partial charge in [0.1, 0.15) is 6.04 Å². The predicted molar refractivity (Wildman–Crippen MR) is 74.1 cm³/mol. The van der Waals surface area contributed by atoms with Crippen LogP contribution in [0.2, 0.25) is 0 Å². The van der Waals surface area contributed by atoms with Crippen LogP contribution in [-0.4, -0.2) is 15.7 Å². The van der Waals surface area contributed by atoms with Crippen LogP contribution in [0.3, 0.4) is 0 Å². The van der Waals surface area contributed by atoms with Crippen molar-refractivity contribution in [2.24, 2.45) is 0 Å². The maximum absolute atomic E-state index is 12.0. The molecule has 0 aliphatic heterocycles. The summed E-state index contributed by atoms with van der Waals surface area (Å²) in [6.07, 6.45) is 0. The fourth-order valence-electron chi connectivity index (χ4n) is 1.64. The molecule has 5 nitrogen and oxygen atoms in total. The molecular formula is C13H15N3O2S. The van der Waals surface area contributed by atoms with Crippen LogP contribution in [0.5, 0.6) is 0 Å². The summed E-state index contributed by atoms with van der Waals surface area (Å²) in [6.45, 7) is 3.92. The second-order valence-corrected chi connectivity index (χ2v) is 5.26. The number of rotatable bonds is 4. The average molecular weight is 277 g/mol. The highest BCUT2D eigenvalue weighted by Gasteiger charge is 2.16. The smallest absolute Gasteiger partial charge is 0.267 e. The van der Waals surface area contributed by atoms with Gasteiger partial charge >= 0.3 is 0 Å². The van der Waals surface area contributed by atoms with E-state index in [9.17, 15) is 9.59 Å². The van der Waals surface area contributed by atoms with Gasteiger partial charge in [0.25, 0.3) is 5.56 Å². The molecule has 0 saturated heterocycles. The van der Waals surface area contributed by atoms with Crippen molar-refractivity contribution in [3.8, 4) is 0 Å². The Bertz CT molecular complexity index is 619. The third-order valence-corrected chi connectivity index (χ3v) is 3.60. The topological polar surface area (TPSA) is 64.0 Å². The zero-order valence-electron chi connectivity index (χ0n) is 10.8. The second-order valence-electron chi connectivity index (χ2n) is 4.23. The molecule has 100 valence electrons. The van der Waals surface area contributed by atoms with Crippen molar-refractivity contribution in [2.45, 2.75) is 26.4 Å². The Morgan fingerprint density at radius 3 is 2.95 bits per heavy atom. The van der Waals surface area contributed by atoms with Gasteiger partial charge in [-0.15, -0.1) is 11.3 Å². The number of carbonyl (C=O) groups excluding carboxylic acids is 1. The van der Waals surface area contributed by atoms with E-state index in [1.165, 1.54) is 10.7 Å². The molecule has 0 spiro atoms. The lowest BCUT2D eigenvalue weighted by atomic mass is 10.3. The van der Waals surface area contributed by atoms with Gasteiger partial charge in [-0.2, -0.15) is 5.10 Å². The summed E-state index contributed by atoms with van der Waals surface area (Å²) in [5, 5.41) is 8.84. The molecule has 1 amide bonds. The first-order valence-corrected chi connectivity index (χ1v) is 6.82. The van der Waals surface area contributed by atoms with Crippen LogP contribution in [0.1, 0.15) is 23.5 Å². The van der Waals surface area contributed by atoms with Gasteiger partial charge in [0.15, 0.2) is 0 Å². The molecule has 0 bridgehead atoms. The SMILES string of the molecule is Cc1ccc(=O)n([C@H](C)C(=O)NCc2cccs2)n1. The van der Waals surface area contributed by atoms with E-state index in [-0.39, 0.29) is 11.5 Å². The summed E-state index contributed by atoms with van der Waals surface area (Å²) in [5.41, 5.74) is 0.432. The lowest BCUT2D eigenvalue weighted by Gasteiger charge is -2.13. The number of nitrogens with zero attached hydrogens (tertiary/aromatic N) is 2. The molecule has 2 rings (SSSR count). The molecule has 1 N–H and O–H groups in total. The van der Waals surface area contributed by atoms with Gasteiger partial charge in [0, 0.05) is 10.9 Å². The lowest BCUT2D eigenvalue weighted by Crippen LogP contribution is -2.36. The van der Waals surface area contributed by atoms with Gasteiger partial charge < -0.3 is 5.32 Å². The van der Waals surface area contributed by atoms with E-state index in [0.29, 0.717) is 12.2 Å². The fourth-order valence-corrected chi connectivity index (χ4v) is 2.29. The van der Waals surface area contributed by atoms with Crippen LogP contribution >= 0.6 is 11.3 Å². The first-order chi connectivity index (χ1) is 9.08. The van der Waals surface area contributed by atoms with Gasteiger partial charge in [0.05, 0.1) is 12.2 Å². The second kappa shape index (κ2) is 5.79. The van der Waals surface area contributed by atoms with Gasteiger partial charge in [0.2, 0.25) is 5.91 Å². The average Bonchev–Trinajstić information content (AvgIpc) is 2.91. The molecule has 2 aromatic heterocycles. The number of carbonyl (C=O) groups is 1. The largest absolute Gasteiger partial charge is 0.349 e. The molecule has 0 unspecified atom stereocenters. The molecule has 0 saturated carbocycles. The van der Waals surface area contributed by atoms with Crippen LogP contribution in [0.4, 0.5) is 0 Å². The maximum atomic E-state index is 12.0. The molecule has 0 aliphatic rings. The number of aromatic nitrogens is 2. The lowest BCUT2D eigenvalue weighted by molar-refractivity contribution is -0.124. The van der Waals surface area contributed by atoms with Crippen molar-refractivity contribution < 1.29 is 4.79 Å². The Hall–Kier alpha value is -1.95. The Morgan fingerprint density at radius 2 is 2.26 bits per heavy atom. The fraction of sp³-hybridized carbons (Fsp3) is 0.308. The highest BCUT2D eigenvalue weighted by atomic mass is 32.1. The zero-order valence-corrected chi connectivity index (χ0v) is 11.6. The van der Waals surface area contributed by atoms with Crippen molar-refractivity contribution in [3.05, 3.63) is 50.6 Å². The Labute approximate surface area is 114 Å². The summed E-state index contributed by atoms with van der Waals surface area (Å²) in [7, 11) is 0. The zero-order chi connectivity index (χ0) is 13.8. The number of nitrogens with one attached hydrogen (secondary N) is 1. The van der Waals surface area contributed by atoms with Crippen LogP contribution in [-0.2, 0) is 11.3 Å². The molecule has 19 heavy (non-hydrogen) atoms. The number of aryl methyl sites for hydroxylation is 1. The van der Waals surface area contributed by atoms with Gasteiger partial charge in [-0.3, -0.25) is 9.59 Å². The van der Waals surface area contributed by atoms with Crippen molar-refractivity contribution in [1.29, 1.82) is 0 Å². The first kappa shape index (κ1) is 13.5. The third-order valence-electron chi connectivity index (χ3n) is 2.72. The molecule has 0 fully saturated rings. The minimum atomic E-state index is -0.618. The highest BCUT2D eigenvalue weighted by molar-refractivity contribution is 7.09. The molecule has 6 heteroatoms. The maximum Gasteiger partial charge on any atom is 0.267 e. The first-order valence-electron chi connectivity index (χ1n) is 5.94. The Balaban J connectivity index is 2.06. The van der Waals surface area contributed by atoms with Gasteiger partial charge in [-0.25, -0.2) is 4.68 Å². The van der Waals surface area contributed by atoms with E-state index < -0.39 is 6.04 Å². The van der Waals surface area contributed by atoms with E-state index in [1.54, 1.807) is 31.3 Å². The van der Waals surface area contributed by atoms with Crippen molar-refractivity contribution >= 4 is 17.2 Å². The summed E-state index contributed by atoms with van der Waals surface area (Å²) in [6, 6.07) is 6.32. The van der Waals surface area contributed by atoms with E-state index >= 15 is 0 Å². The van der Waals surface area contributed by atoms with Gasteiger partial charge in [-0.1, -0.05) is 6.07 Å². The van der Waals surface area contributed by atoms with E-state index in [2.05, 4.69) is 10.4 Å². The van der Waals surface area contributed by atoms with Crippen molar-refractivity contribution in [1.82, 2.24) is 15.1 Å². The number of amides is 1. The van der Waals surface area contributed by atoms with Crippen LogP contribution < -0.4 is 10.9 Å². The molecule has 0 aliphatic carbocycles. The molecule has 1 atom stereocenters. The normalized spacial score (nSPS) is 12.1. The minimum Gasteiger partial charge on any atom is -0.349 e. The van der Waals surface area contributed by atoms with Crippen LogP contribution in [0.25, 0.3) is 0 Å². The number of hydrogen-bond donors (Lipinski definition) is 1. The van der Waals surface area contributed by atoms with Crippen LogP contribution in [0, 0.1) is 6.92 Å². The molecule has 0 aromatic carbocycles. The number of hydrogen-bond acceptors (Lipinski definition) is 4. The molecule has 2 aromatic rings. The third kappa shape index (κ3) is 3.29. The molecule has 2 heterocycles. The van der Waals surface area contributed by atoms with Gasteiger partial charge in [-0.05, 0) is 31.4 Å². The number of thiophene rings is 1. The predicted octanol–water partition coefficient (Wildman–Crippen LogP) is 1.49. The summed E-state index contributed by atoms with van der Waals surface area (Å²) >= 11 is 1.58. The monoisotopic (exact) mass is 277 g/mol. The van der Waals surface area contributed by atoms with E-state index in [1.807, 2.05) is 17.5 Å². The molecule has 0 radical (unpaired) electrons. The van der Waals surface area contributed by atoms with E-state index in [0.717, 1.165) is 4.88 Å². The summed E-state index contributed by atoms with van der Waals surface area (Å²) in [5.74, 6) is -0.214. The van der Waals surface area contributed by atoms with Crippen LogP contribution in [0.15, 0.2) is 34.4 Å². The quantitative estimate of drug-likeness (QED) is 0.921. The van der Waals surface area contributed by atoms with Crippen molar-refractivity contribution in [3.63, 3.8) is 0 Å². The van der Waals surface area contributed by atoms with Crippen molar-refractivity contribution in [2.75, 3.05) is 0 Å². The molecular weight excluding hydrogens is 262 g/mol. The highest BCUT2D eigenvalue weighted by Crippen LogP contribution is 2.08. The summed E-state index contributed by atoms with van der Waals surface area (Å²) in [4.78, 5) is 24.7.